The average Bonchev–Trinajstić information content (AvgIpc) is 3.12. The molecule has 0 unspecified atom stereocenters. The molecule has 0 aliphatic carbocycles. The summed E-state index contributed by atoms with van der Waals surface area (Å²) in [7, 11) is 0. The van der Waals surface area contributed by atoms with Gasteiger partial charge in [0.2, 0.25) is 11.8 Å². The van der Waals surface area contributed by atoms with Crippen LogP contribution in [0.2, 0.25) is 0 Å². The first kappa shape index (κ1) is 18.8. The summed E-state index contributed by atoms with van der Waals surface area (Å²) < 4.78 is 2.73. The quantitative estimate of drug-likeness (QED) is 0.634. The molecule has 8 heteroatoms. The first-order valence-corrected chi connectivity index (χ1v) is 10.5. The van der Waals surface area contributed by atoms with E-state index < -0.39 is 0 Å². The molecule has 142 valence electrons. The lowest BCUT2D eigenvalue weighted by Crippen LogP contribution is -2.41. The lowest BCUT2D eigenvalue weighted by molar-refractivity contribution is -0.120. The second-order valence-electron chi connectivity index (χ2n) is 6.29. The second kappa shape index (κ2) is 8.20. The minimum Gasteiger partial charge on any atom is -0.309 e. The van der Waals surface area contributed by atoms with Crippen molar-refractivity contribution in [3.63, 3.8) is 0 Å². The van der Waals surface area contributed by atoms with Crippen LogP contribution in [0.15, 0.2) is 70.2 Å². The SMILES string of the molecule is O=C(CN1C(=O)CSc2ccccc21)Nc1ccnn1Cc1ccc(Br)cc1. The molecule has 0 radical (unpaired) electrons. The minimum atomic E-state index is -0.257. The van der Waals surface area contributed by atoms with Crippen LogP contribution in [0.1, 0.15) is 5.56 Å². The summed E-state index contributed by atoms with van der Waals surface area (Å²) in [6.45, 7) is 0.512. The maximum atomic E-state index is 12.6. The van der Waals surface area contributed by atoms with Gasteiger partial charge in [0.05, 0.1) is 24.2 Å². The van der Waals surface area contributed by atoms with E-state index in [1.165, 1.54) is 16.7 Å². The van der Waals surface area contributed by atoms with Gasteiger partial charge in [-0.25, -0.2) is 4.68 Å². The highest BCUT2D eigenvalue weighted by atomic mass is 79.9. The topological polar surface area (TPSA) is 67.2 Å². The maximum Gasteiger partial charge on any atom is 0.245 e. The van der Waals surface area contributed by atoms with Crippen LogP contribution in [0, 0.1) is 0 Å². The van der Waals surface area contributed by atoms with Crippen LogP contribution in [-0.2, 0) is 16.1 Å². The molecule has 6 nitrogen and oxygen atoms in total. The Morgan fingerprint density at radius 2 is 1.93 bits per heavy atom. The second-order valence-corrected chi connectivity index (χ2v) is 8.22. The number of halogens is 1. The third-order valence-electron chi connectivity index (χ3n) is 4.34. The number of anilines is 2. The zero-order valence-corrected chi connectivity index (χ0v) is 17.2. The van der Waals surface area contributed by atoms with Crippen LogP contribution >= 0.6 is 27.7 Å². The molecular weight excluding hydrogens is 440 g/mol. The third kappa shape index (κ3) is 4.13. The number of carbonyl (C=O) groups is 2. The number of rotatable bonds is 5. The predicted octanol–water partition coefficient (Wildman–Crippen LogP) is 3.77. The normalized spacial score (nSPS) is 13.3. The Morgan fingerprint density at radius 1 is 1.14 bits per heavy atom. The van der Waals surface area contributed by atoms with Crippen molar-refractivity contribution in [2.75, 3.05) is 22.5 Å². The van der Waals surface area contributed by atoms with Gasteiger partial charge in [-0.05, 0) is 29.8 Å². The van der Waals surface area contributed by atoms with Crippen LogP contribution in [-0.4, -0.2) is 33.9 Å². The Morgan fingerprint density at radius 3 is 2.75 bits per heavy atom. The van der Waals surface area contributed by atoms with Crippen molar-refractivity contribution in [1.82, 2.24) is 9.78 Å². The molecule has 0 saturated heterocycles. The van der Waals surface area contributed by atoms with Gasteiger partial charge in [0, 0.05) is 15.4 Å². The number of aromatic nitrogens is 2. The molecule has 2 aromatic carbocycles. The summed E-state index contributed by atoms with van der Waals surface area (Å²) in [5.41, 5.74) is 1.85. The Labute approximate surface area is 175 Å². The van der Waals surface area contributed by atoms with Gasteiger partial charge in [0.1, 0.15) is 12.4 Å². The van der Waals surface area contributed by atoms with E-state index >= 15 is 0 Å². The van der Waals surface area contributed by atoms with Crippen LogP contribution in [0.4, 0.5) is 11.5 Å². The van der Waals surface area contributed by atoms with Crippen molar-refractivity contribution in [3.8, 4) is 0 Å². The molecule has 3 aromatic rings. The van der Waals surface area contributed by atoms with Crippen molar-refractivity contribution in [3.05, 3.63) is 70.8 Å². The molecule has 0 atom stereocenters. The molecule has 2 heterocycles. The number of amides is 2. The fourth-order valence-electron chi connectivity index (χ4n) is 2.98. The lowest BCUT2D eigenvalue weighted by atomic mass is 10.2. The summed E-state index contributed by atoms with van der Waals surface area (Å²) in [6.07, 6.45) is 1.65. The molecule has 0 fully saturated rings. The number of benzene rings is 2. The molecule has 28 heavy (non-hydrogen) atoms. The lowest BCUT2D eigenvalue weighted by Gasteiger charge is -2.28. The number of nitrogens with zero attached hydrogens (tertiary/aromatic N) is 3. The van der Waals surface area contributed by atoms with E-state index in [9.17, 15) is 9.59 Å². The molecule has 1 aliphatic heterocycles. The smallest absolute Gasteiger partial charge is 0.245 e. The summed E-state index contributed by atoms with van der Waals surface area (Å²) in [5.74, 6) is 0.612. The number of hydrogen-bond donors (Lipinski definition) is 1. The number of fused-ring (bicyclic) bond motifs is 1. The number of para-hydroxylation sites is 1. The average molecular weight is 457 g/mol. The van der Waals surface area contributed by atoms with Gasteiger partial charge >= 0.3 is 0 Å². The Balaban J connectivity index is 1.46. The Hall–Kier alpha value is -2.58. The van der Waals surface area contributed by atoms with E-state index in [4.69, 9.17) is 0 Å². The summed E-state index contributed by atoms with van der Waals surface area (Å²) >= 11 is 4.92. The van der Waals surface area contributed by atoms with Gasteiger partial charge in [-0.2, -0.15) is 5.10 Å². The van der Waals surface area contributed by atoms with Crippen LogP contribution < -0.4 is 10.2 Å². The van der Waals surface area contributed by atoms with E-state index in [0.29, 0.717) is 18.1 Å². The molecule has 1 aromatic heterocycles. The molecule has 0 saturated carbocycles. The first-order chi connectivity index (χ1) is 13.6. The van der Waals surface area contributed by atoms with E-state index in [1.807, 2.05) is 48.5 Å². The number of nitrogens with one attached hydrogen (secondary N) is 1. The van der Waals surface area contributed by atoms with Gasteiger partial charge in [-0.1, -0.05) is 40.2 Å². The Bertz CT molecular complexity index is 1020. The number of thioether (sulfide) groups is 1. The highest BCUT2D eigenvalue weighted by molar-refractivity contribution is 9.10. The predicted molar refractivity (Wildman–Crippen MR) is 114 cm³/mol. The standard InChI is InChI=1S/C20H17BrN4O2S/c21-15-7-5-14(6-8-15)11-25-18(9-10-22-25)23-19(26)12-24-16-3-1-2-4-17(16)28-13-20(24)27/h1-10H,11-13H2,(H,23,26). The first-order valence-electron chi connectivity index (χ1n) is 8.68. The molecule has 1 aliphatic rings. The highest BCUT2D eigenvalue weighted by Crippen LogP contribution is 2.34. The molecule has 4 rings (SSSR count). The molecule has 1 N–H and O–H groups in total. The van der Waals surface area contributed by atoms with Gasteiger partial charge in [-0.15, -0.1) is 11.8 Å². The van der Waals surface area contributed by atoms with Crippen molar-refractivity contribution in [2.24, 2.45) is 0 Å². The Kier molecular flexibility index (Phi) is 5.50. The van der Waals surface area contributed by atoms with E-state index in [2.05, 4.69) is 26.3 Å². The van der Waals surface area contributed by atoms with E-state index in [1.54, 1.807) is 16.9 Å². The molecular formula is C20H17BrN4O2S. The number of carbonyl (C=O) groups excluding carboxylic acids is 2. The fraction of sp³-hybridized carbons (Fsp3) is 0.150. The zero-order valence-electron chi connectivity index (χ0n) is 14.8. The molecule has 0 spiro atoms. The molecule has 0 bridgehead atoms. The van der Waals surface area contributed by atoms with Crippen molar-refractivity contribution >= 4 is 51.0 Å². The molecule has 2 amide bonds. The maximum absolute atomic E-state index is 12.6. The van der Waals surface area contributed by atoms with Crippen molar-refractivity contribution < 1.29 is 9.59 Å². The van der Waals surface area contributed by atoms with Gasteiger partial charge in [0.25, 0.3) is 0 Å². The number of hydrogen-bond acceptors (Lipinski definition) is 4. The van der Waals surface area contributed by atoms with Gasteiger partial charge in [0.15, 0.2) is 0 Å². The summed E-state index contributed by atoms with van der Waals surface area (Å²) in [6, 6.07) is 17.3. The summed E-state index contributed by atoms with van der Waals surface area (Å²) in [5, 5.41) is 7.16. The largest absolute Gasteiger partial charge is 0.309 e. The fourth-order valence-corrected chi connectivity index (χ4v) is 4.18. The van der Waals surface area contributed by atoms with Crippen LogP contribution in [0.3, 0.4) is 0 Å². The monoisotopic (exact) mass is 456 g/mol. The van der Waals surface area contributed by atoms with E-state index in [0.717, 1.165) is 20.6 Å². The van der Waals surface area contributed by atoms with Crippen molar-refractivity contribution in [2.45, 2.75) is 11.4 Å². The van der Waals surface area contributed by atoms with Gasteiger partial charge < -0.3 is 10.2 Å². The van der Waals surface area contributed by atoms with Gasteiger partial charge in [-0.3, -0.25) is 9.59 Å². The van der Waals surface area contributed by atoms with Crippen LogP contribution in [0.5, 0.6) is 0 Å². The third-order valence-corrected chi connectivity index (χ3v) is 5.92. The van der Waals surface area contributed by atoms with E-state index in [-0.39, 0.29) is 18.4 Å². The van der Waals surface area contributed by atoms with Crippen molar-refractivity contribution in [1.29, 1.82) is 0 Å². The highest BCUT2D eigenvalue weighted by Gasteiger charge is 2.26. The zero-order chi connectivity index (χ0) is 19.5. The van der Waals surface area contributed by atoms with Crippen LogP contribution in [0.25, 0.3) is 0 Å². The summed E-state index contributed by atoms with van der Waals surface area (Å²) in [4.78, 5) is 27.5. The minimum absolute atomic E-state index is 0.0279.